The number of hydrogen-bond acceptors (Lipinski definition) is 9. The van der Waals surface area contributed by atoms with Gasteiger partial charge in [0.2, 0.25) is 5.91 Å². The summed E-state index contributed by atoms with van der Waals surface area (Å²) < 4.78 is 23.6. The average Bonchev–Trinajstić information content (AvgIpc) is 3.18. The van der Waals surface area contributed by atoms with E-state index in [9.17, 15) is 24.0 Å². The lowest BCUT2D eigenvalue weighted by atomic mass is 10.0. The van der Waals surface area contributed by atoms with E-state index >= 15 is 0 Å². The van der Waals surface area contributed by atoms with Gasteiger partial charge >= 0.3 is 12.1 Å². The highest BCUT2D eigenvalue weighted by atomic mass is 79.9. The molecule has 52 heavy (non-hydrogen) atoms. The summed E-state index contributed by atoms with van der Waals surface area (Å²) in [4.78, 5) is 69.2. The van der Waals surface area contributed by atoms with Gasteiger partial charge in [0.15, 0.2) is 5.75 Å². The molecule has 2 unspecified atom stereocenters. The second-order valence-electron chi connectivity index (χ2n) is 14.4. The highest BCUT2D eigenvalue weighted by Crippen LogP contribution is 2.39. The topological polar surface area (TPSA) is 153 Å². The number of ether oxygens (including phenoxy) is 4. The Kier molecular flexibility index (Phi) is 12.5. The Labute approximate surface area is 312 Å². The summed E-state index contributed by atoms with van der Waals surface area (Å²) in [6.45, 7) is 11.6. The molecule has 4 amide bonds. The molecule has 13 nitrogen and oxygen atoms in total. The van der Waals surface area contributed by atoms with Crippen molar-refractivity contribution in [3.05, 3.63) is 64.1 Å². The van der Waals surface area contributed by atoms with E-state index < -0.39 is 53.1 Å². The SMILES string of the molecule is COc1ccc2cc(Br)ccc2c1CN1C(=O)C(NC(=O)C(C)N(C)C(=O)OC(C)(C)C)COc2c(C(=O)NCCC(=O)OC(C)(C)C)cccc21. The highest BCUT2D eigenvalue weighted by Gasteiger charge is 2.37. The van der Waals surface area contributed by atoms with Crippen molar-refractivity contribution in [3.63, 3.8) is 0 Å². The molecule has 0 spiro atoms. The molecule has 0 saturated carbocycles. The van der Waals surface area contributed by atoms with Gasteiger partial charge in [-0.25, -0.2) is 4.79 Å². The Morgan fingerprint density at radius 2 is 1.71 bits per heavy atom. The standard InChI is InChI=1S/C38H47BrN4O9/c1-22(42(8)36(48)52-38(5,6)7)33(45)41-28-21-50-32-26(34(46)40-18-17-31(44)51-37(2,3)4)11-10-12-29(32)43(35(28)47)20-27-25-15-14-24(39)19-23(25)13-16-30(27)49-9/h10-16,19,22,28H,17-18,20-21H2,1-9H3,(H,40,46)(H,41,45). The molecule has 0 aliphatic carbocycles. The van der Waals surface area contributed by atoms with Gasteiger partial charge in [-0.1, -0.05) is 34.1 Å². The predicted octanol–water partition coefficient (Wildman–Crippen LogP) is 5.74. The molecule has 0 saturated heterocycles. The molecule has 1 aliphatic heterocycles. The summed E-state index contributed by atoms with van der Waals surface area (Å²) >= 11 is 3.52. The van der Waals surface area contributed by atoms with Gasteiger partial charge in [-0.2, -0.15) is 0 Å². The fourth-order valence-electron chi connectivity index (χ4n) is 5.46. The molecule has 4 rings (SSSR count). The number of methoxy groups -OCH3 is 1. The number of rotatable bonds is 10. The Hall–Kier alpha value is -4.85. The molecular weight excluding hydrogens is 736 g/mol. The molecule has 280 valence electrons. The molecule has 0 bridgehead atoms. The third-order valence-corrected chi connectivity index (χ3v) is 8.56. The summed E-state index contributed by atoms with van der Waals surface area (Å²) in [5.41, 5.74) is -0.351. The fourth-order valence-corrected chi connectivity index (χ4v) is 5.84. The fraction of sp³-hybridized carbons (Fsp3) is 0.447. The predicted molar refractivity (Wildman–Crippen MR) is 200 cm³/mol. The minimum absolute atomic E-state index is 0.00452. The number of nitrogens with zero attached hydrogens (tertiary/aromatic N) is 2. The first-order chi connectivity index (χ1) is 24.3. The zero-order chi connectivity index (χ0) is 38.5. The van der Waals surface area contributed by atoms with Crippen LogP contribution in [0.5, 0.6) is 11.5 Å². The summed E-state index contributed by atoms with van der Waals surface area (Å²) in [5, 5.41) is 7.21. The number of para-hydroxylation sites is 1. The number of fused-ring (bicyclic) bond motifs is 2. The van der Waals surface area contributed by atoms with Gasteiger partial charge in [-0.05, 0) is 89.6 Å². The van der Waals surface area contributed by atoms with E-state index in [-0.39, 0.29) is 43.1 Å². The number of anilines is 1. The van der Waals surface area contributed by atoms with Crippen molar-refractivity contribution in [1.29, 1.82) is 0 Å². The van der Waals surface area contributed by atoms with Crippen molar-refractivity contribution >= 4 is 62.2 Å². The van der Waals surface area contributed by atoms with Crippen molar-refractivity contribution in [2.24, 2.45) is 0 Å². The van der Waals surface area contributed by atoms with Gasteiger partial charge in [0, 0.05) is 23.6 Å². The van der Waals surface area contributed by atoms with Crippen LogP contribution in [0.1, 0.15) is 70.8 Å². The number of hydrogen-bond donors (Lipinski definition) is 2. The molecular formula is C38H47BrN4O9. The van der Waals surface area contributed by atoms with Crippen LogP contribution < -0.4 is 25.0 Å². The van der Waals surface area contributed by atoms with Gasteiger partial charge < -0.3 is 34.5 Å². The lowest BCUT2D eigenvalue weighted by Crippen LogP contribution is -2.55. The van der Waals surface area contributed by atoms with Crippen LogP contribution in [-0.4, -0.2) is 85.3 Å². The van der Waals surface area contributed by atoms with Crippen LogP contribution >= 0.6 is 15.9 Å². The molecule has 1 aliphatic rings. The number of benzene rings is 3. The third-order valence-electron chi connectivity index (χ3n) is 8.07. The van der Waals surface area contributed by atoms with E-state index in [2.05, 4.69) is 26.6 Å². The van der Waals surface area contributed by atoms with Crippen LogP contribution in [-0.2, 0) is 30.4 Å². The monoisotopic (exact) mass is 782 g/mol. The van der Waals surface area contributed by atoms with E-state index in [0.29, 0.717) is 11.3 Å². The second kappa shape index (κ2) is 16.2. The van der Waals surface area contributed by atoms with E-state index in [1.165, 1.54) is 26.0 Å². The van der Waals surface area contributed by atoms with Gasteiger partial charge in [-0.3, -0.25) is 24.1 Å². The van der Waals surface area contributed by atoms with Crippen LogP contribution in [0.25, 0.3) is 10.8 Å². The first-order valence-corrected chi connectivity index (χ1v) is 17.7. The number of halogens is 1. The minimum atomic E-state index is -1.22. The Bertz CT molecular complexity index is 1850. The molecule has 0 fully saturated rings. The lowest BCUT2D eigenvalue weighted by Gasteiger charge is -2.30. The lowest BCUT2D eigenvalue weighted by molar-refractivity contribution is -0.154. The first kappa shape index (κ1) is 39.9. The number of likely N-dealkylation sites (N-methyl/N-ethyl adjacent to an activating group) is 1. The Morgan fingerprint density at radius 3 is 2.37 bits per heavy atom. The zero-order valence-electron chi connectivity index (χ0n) is 31.0. The van der Waals surface area contributed by atoms with Crippen molar-refractivity contribution in [2.45, 2.75) is 84.7 Å². The third kappa shape index (κ3) is 9.93. The molecule has 14 heteroatoms. The van der Waals surface area contributed by atoms with Gasteiger partial charge in [0.1, 0.15) is 35.6 Å². The molecule has 3 aromatic rings. The van der Waals surface area contributed by atoms with Crippen LogP contribution in [0.2, 0.25) is 0 Å². The summed E-state index contributed by atoms with van der Waals surface area (Å²) in [6.07, 6.45) is -0.755. The van der Waals surface area contributed by atoms with E-state index in [1.54, 1.807) is 59.7 Å². The van der Waals surface area contributed by atoms with E-state index in [1.807, 2.05) is 30.3 Å². The largest absolute Gasteiger partial charge is 0.496 e. The number of carbonyl (C=O) groups is 5. The smallest absolute Gasteiger partial charge is 0.410 e. The zero-order valence-corrected chi connectivity index (χ0v) is 32.6. The number of amides is 4. The maximum absolute atomic E-state index is 14.5. The van der Waals surface area contributed by atoms with Crippen molar-refractivity contribution in [3.8, 4) is 11.5 Å². The molecule has 2 N–H and O–H groups in total. The van der Waals surface area contributed by atoms with Crippen LogP contribution in [0, 0.1) is 0 Å². The number of nitrogens with one attached hydrogen (secondary N) is 2. The van der Waals surface area contributed by atoms with Crippen LogP contribution in [0.3, 0.4) is 0 Å². The summed E-state index contributed by atoms with van der Waals surface area (Å²) in [7, 11) is 2.97. The second-order valence-corrected chi connectivity index (χ2v) is 15.3. The van der Waals surface area contributed by atoms with Crippen molar-refractivity contribution < 1.29 is 42.9 Å². The Balaban J connectivity index is 1.70. The highest BCUT2D eigenvalue weighted by molar-refractivity contribution is 9.10. The normalized spacial score (nSPS) is 15.1. The van der Waals surface area contributed by atoms with Gasteiger partial charge in [0.25, 0.3) is 11.8 Å². The quantitative estimate of drug-likeness (QED) is 0.245. The van der Waals surface area contributed by atoms with Gasteiger partial charge in [0.05, 0.1) is 31.3 Å². The summed E-state index contributed by atoms with van der Waals surface area (Å²) in [6, 6.07) is 12.1. The molecule has 1 heterocycles. The molecule has 2 atom stereocenters. The molecule has 0 aromatic heterocycles. The summed E-state index contributed by atoms with van der Waals surface area (Å²) in [5.74, 6) is -1.49. The minimum Gasteiger partial charge on any atom is -0.496 e. The molecule has 3 aromatic carbocycles. The molecule has 0 radical (unpaired) electrons. The average molecular weight is 784 g/mol. The van der Waals surface area contributed by atoms with E-state index in [0.717, 1.165) is 20.1 Å². The maximum atomic E-state index is 14.5. The maximum Gasteiger partial charge on any atom is 0.410 e. The first-order valence-electron chi connectivity index (χ1n) is 16.9. The number of esters is 1. The van der Waals surface area contributed by atoms with Crippen molar-refractivity contribution in [2.75, 3.05) is 32.2 Å². The number of carbonyl (C=O) groups excluding carboxylic acids is 5. The Morgan fingerprint density at radius 1 is 1.02 bits per heavy atom. The van der Waals surface area contributed by atoms with Crippen LogP contribution in [0.15, 0.2) is 53.0 Å². The van der Waals surface area contributed by atoms with Crippen LogP contribution in [0.4, 0.5) is 10.5 Å². The van der Waals surface area contributed by atoms with E-state index in [4.69, 9.17) is 18.9 Å². The van der Waals surface area contributed by atoms with Crippen molar-refractivity contribution in [1.82, 2.24) is 15.5 Å². The van der Waals surface area contributed by atoms with Gasteiger partial charge in [-0.15, -0.1) is 0 Å².